The molecule has 2 N–H and O–H groups in total. The first kappa shape index (κ1) is 17.8. The molecule has 130 valence electrons. The van der Waals surface area contributed by atoms with Crippen molar-refractivity contribution in [3.8, 4) is 0 Å². The second-order valence-corrected chi connectivity index (χ2v) is 9.72. The summed E-state index contributed by atoms with van der Waals surface area (Å²) in [5.74, 6) is 0. The van der Waals surface area contributed by atoms with Gasteiger partial charge in [0.05, 0.1) is 30.5 Å². The van der Waals surface area contributed by atoms with E-state index in [4.69, 9.17) is 11.6 Å². The SMILES string of the molecule is O=S(=O)(c1ccc(Cl)s1)N1CC[NH+](C[C@@H](O)c2ccccc2)CC1. The van der Waals surface area contributed by atoms with Gasteiger partial charge in [0.25, 0.3) is 10.0 Å². The minimum absolute atomic E-state index is 0.292. The minimum Gasteiger partial charge on any atom is -0.382 e. The van der Waals surface area contributed by atoms with Gasteiger partial charge in [0.1, 0.15) is 16.9 Å². The Bertz CT molecular complexity index is 772. The number of nitrogens with one attached hydrogen (secondary N) is 1. The van der Waals surface area contributed by atoms with Crippen LogP contribution in [0.15, 0.2) is 46.7 Å². The number of benzene rings is 1. The van der Waals surface area contributed by atoms with Crippen LogP contribution in [0.1, 0.15) is 11.7 Å². The van der Waals surface area contributed by atoms with Crippen LogP contribution in [0, 0.1) is 0 Å². The Morgan fingerprint density at radius 1 is 1.17 bits per heavy atom. The van der Waals surface area contributed by atoms with E-state index in [9.17, 15) is 13.5 Å². The van der Waals surface area contributed by atoms with Crippen molar-refractivity contribution in [2.24, 2.45) is 0 Å². The Balaban J connectivity index is 1.58. The van der Waals surface area contributed by atoms with Crippen LogP contribution >= 0.6 is 22.9 Å². The fourth-order valence-electron chi connectivity index (χ4n) is 2.88. The van der Waals surface area contributed by atoms with Crippen molar-refractivity contribution < 1.29 is 18.4 Å². The number of aliphatic hydroxyl groups is 1. The van der Waals surface area contributed by atoms with Gasteiger partial charge in [-0.25, -0.2) is 8.42 Å². The fraction of sp³-hybridized carbons (Fsp3) is 0.375. The van der Waals surface area contributed by atoms with Crippen LogP contribution in [-0.2, 0) is 10.0 Å². The number of sulfonamides is 1. The van der Waals surface area contributed by atoms with Crippen LogP contribution in [0.3, 0.4) is 0 Å². The molecule has 0 amide bonds. The van der Waals surface area contributed by atoms with E-state index in [1.807, 2.05) is 30.3 Å². The van der Waals surface area contributed by atoms with Crippen LogP contribution in [0.2, 0.25) is 4.34 Å². The third-order valence-corrected chi connectivity index (χ3v) is 7.84. The Morgan fingerprint density at radius 3 is 2.42 bits per heavy atom. The van der Waals surface area contributed by atoms with Crippen LogP contribution in [0.4, 0.5) is 0 Å². The second-order valence-electron chi connectivity index (χ2n) is 5.84. The third kappa shape index (κ3) is 3.99. The molecule has 0 spiro atoms. The molecular formula is C16H20ClN2O3S2+. The number of quaternary nitrogens is 1. The predicted octanol–water partition coefficient (Wildman–Crippen LogP) is 1.02. The fourth-order valence-corrected chi connectivity index (χ4v) is 5.96. The smallest absolute Gasteiger partial charge is 0.253 e. The number of thiophene rings is 1. The molecule has 1 atom stereocenters. The molecule has 2 heterocycles. The van der Waals surface area contributed by atoms with E-state index in [1.54, 1.807) is 12.1 Å². The molecule has 0 unspecified atom stereocenters. The van der Waals surface area contributed by atoms with Crippen molar-refractivity contribution in [2.45, 2.75) is 10.3 Å². The van der Waals surface area contributed by atoms with Gasteiger partial charge in [-0.05, 0) is 17.7 Å². The number of hydrogen-bond acceptors (Lipinski definition) is 4. The Kier molecular flexibility index (Phi) is 5.59. The average molecular weight is 388 g/mol. The van der Waals surface area contributed by atoms with Gasteiger partial charge < -0.3 is 10.0 Å². The van der Waals surface area contributed by atoms with E-state index in [1.165, 1.54) is 9.21 Å². The summed E-state index contributed by atoms with van der Waals surface area (Å²) in [6.07, 6.45) is -0.527. The maximum Gasteiger partial charge on any atom is 0.253 e. The normalized spacial score (nSPS) is 18.6. The summed E-state index contributed by atoms with van der Waals surface area (Å²) < 4.78 is 27.4. The van der Waals surface area contributed by atoms with Crippen molar-refractivity contribution in [2.75, 3.05) is 32.7 Å². The molecule has 1 saturated heterocycles. The molecule has 0 bridgehead atoms. The van der Waals surface area contributed by atoms with E-state index >= 15 is 0 Å². The van der Waals surface area contributed by atoms with Crippen LogP contribution < -0.4 is 4.90 Å². The number of halogens is 1. The topological polar surface area (TPSA) is 62.0 Å². The van der Waals surface area contributed by atoms with E-state index in [0.717, 1.165) is 16.9 Å². The molecular weight excluding hydrogens is 368 g/mol. The summed E-state index contributed by atoms with van der Waals surface area (Å²) in [6, 6.07) is 12.7. The molecule has 24 heavy (non-hydrogen) atoms. The number of hydrogen-bond donors (Lipinski definition) is 2. The van der Waals surface area contributed by atoms with Crippen molar-refractivity contribution in [3.63, 3.8) is 0 Å². The predicted molar refractivity (Wildman–Crippen MR) is 95.1 cm³/mol. The highest BCUT2D eigenvalue weighted by Crippen LogP contribution is 2.28. The Labute approximate surface area is 151 Å². The van der Waals surface area contributed by atoms with Gasteiger partial charge in [-0.2, -0.15) is 4.31 Å². The summed E-state index contributed by atoms with van der Waals surface area (Å²) in [7, 11) is -3.45. The lowest BCUT2D eigenvalue weighted by Crippen LogP contribution is -3.15. The molecule has 1 fully saturated rings. The molecule has 3 rings (SSSR count). The quantitative estimate of drug-likeness (QED) is 0.805. The zero-order valence-electron chi connectivity index (χ0n) is 13.1. The minimum atomic E-state index is -3.45. The van der Waals surface area contributed by atoms with Gasteiger partial charge in [0.2, 0.25) is 0 Å². The van der Waals surface area contributed by atoms with Gasteiger partial charge in [0, 0.05) is 0 Å². The van der Waals surface area contributed by atoms with Crippen LogP contribution in [-0.4, -0.2) is 50.6 Å². The monoisotopic (exact) mass is 387 g/mol. The zero-order valence-corrected chi connectivity index (χ0v) is 15.4. The van der Waals surface area contributed by atoms with Crippen molar-refractivity contribution in [3.05, 3.63) is 52.4 Å². The van der Waals surface area contributed by atoms with Gasteiger partial charge in [-0.3, -0.25) is 0 Å². The summed E-state index contributed by atoms with van der Waals surface area (Å²) in [6.45, 7) is 2.86. The van der Waals surface area contributed by atoms with E-state index in [-0.39, 0.29) is 0 Å². The second kappa shape index (κ2) is 7.51. The Hall–Kier alpha value is -0.960. The highest BCUT2D eigenvalue weighted by molar-refractivity contribution is 7.91. The lowest BCUT2D eigenvalue weighted by atomic mass is 10.1. The van der Waals surface area contributed by atoms with Gasteiger partial charge in [-0.15, -0.1) is 11.3 Å². The molecule has 1 aromatic carbocycles. The molecule has 1 aliphatic rings. The average Bonchev–Trinajstić information content (AvgIpc) is 3.03. The third-order valence-electron chi connectivity index (χ3n) is 4.24. The summed E-state index contributed by atoms with van der Waals surface area (Å²) in [5.41, 5.74) is 0.897. The standard InChI is InChI=1S/C16H19ClN2O3S2/c17-15-6-7-16(23-15)24(21,22)19-10-8-18(9-11-19)12-14(20)13-4-2-1-3-5-13/h1-7,14,20H,8-12H2/p+1/t14-/m1/s1. The maximum atomic E-state index is 12.6. The van der Waals surface area contributed by atoms with Gasteiger partial charge in [0.15, 0.2) is 0 Å². The molecule has 1 aliphatic heterocycles. The van der Waals surface area contributed by atoms with Crippen molar-refractivity contribution in [1.82, 2.24) is 4.31 Å². The summed E-state index contributed by atoms with van der Waals surface area (Å²) in [4.78, 5) is 1.21. The van der Waals surface area contributed by atoms with E-state index in [0.29, 0.717) is 41.3 Å². The van der Waals surface area contributed by atoms with Crippen molar-refractivity contribution >= 4 is 33.0 Å². The first-order chi connectivity index (χ1) is 11.5. The van der Waals surface area contributed by atoms with Crippen LogP contribution in [0.25, 0.3) is 0 Å². The molecule has 0 radical (unpaired) electrons. The first-order valence-corrected chi connectivity index (χ1v) is 10.4. The van der Waals surface area contributed by atoms with Gasteiger partial charge >= 0.3 is 0 Å². The summed E-state index contributed by atoms with van der Waals surface area (Å²) in [5, 5.41) is 10.3. The summed E-state index contributed by atoms with van der Waals surface area (Å²) >= 11 is 6.93. The number of nitrogens with zero attached hydrogens (tertiary/aromatic N) is 1. The first-order valence-electron chi connectivity index (χ1n) is 7.79. The lowest BCUT2D eigenvalue weighted by molar-refractivity contribution is -0.907. The highest BCUT2D eigenvalue weighted by Gasteiger charge is 2.32. The lowest BCUT2D eigenvalue weighted by Gasteiger charge is -2.32. The van der Waals surface area contributed by atoms with Crippen LogP contribution in [0.5, 0.6) is 0 Å². The largest absolute Gasteiger partial charge is 0.382 e. The Morgan fingerprint density at radius 2 is 1.83 bits per heavy atom. The highest BCUT2D eigenvalue weighted by atomic mass is 35.5. The number of aliphatic hydroxyl groups excluding tert-OH is 1. The van der Waals surface area contributed by atoms with Gasteiger partial charge in [-0.1, -0.05) is 41.9 Å². The van der Waals surface area contributed by atoms with Crippen molar-refractivity contribution in [1.29, 1.82) is 0 Å². The molecule has 8 heteroatoms. The molecule has 2 aromatic rings. The molecule has 1 aromatic heterocycles. The molecule has 0 saturated carbocycles. The molecule has 5 nitrogen and oxygen atoms in total. The zero-order chi connectivity index (χ0) is 17.2. The molecule has 0 aliphatic carbocycles. The van der Waals surface area contributed by atoms with E-state index in [2.05, 4.69) is 0 Å². The van der Waals surface area contributed by atoms with E-state index < -0.39 is 16.1 Å². The maximum absolute atomic E-state index is 12.6. The number of piperazine rings is 1. The number of rotatable bonds is 5.